The number of pyridine rings is 1. The minimum atomic E-state index is -0.389. The summed E-state index contributed by atoms with van der Waals surface area (Å²) in [5.74, 6) is 0.350. The lowest BCUT2D eigenvalue weighted by Crippen LogP contribution is -2.49. The molecular formula is C22H30Cl2N4O2. The maximum atomic E-state index is 12.7. The summed E-state index contributed by atoms with van der Waals surface area (Å²) in [4.78, 5) is 17.3. The van der Waals surface area contributed by atoms with Gasteiger partial charge in [-0.2, -0.15) is 0 Å². The Morgan fingerprint density at radius 1 is 1.17 bits per heavy atom. The number of rotatable bonds is 8. The molecule has 164 valence electrons. The number of fused-ring (bicyclic) bond motifs is 1. The molecule has 0 spiro atoms. The number of carbonyl (C=O) groups is 1. The van der Waals surface area contributed by atoms with Crippen LogP contribution in [0.5, 0.6) is 5.75 Å². The number of nitrogens with zero attached hydrogens (tertiary/aromatic N) is 2. The zero-order valence-electron chi connectivity index (χ0n) is 17.6. The van der Waals surface area contributed by atoms with Crippen molar-refractivity contribution < 1.29 is 9.53 Å². The largest absolute Gasteiger partial charge is 0.486 e. The number of imidazole rings is 1. The number of aromatic nitrogens is 2. The molecule has 0 fully saturated rings. The van der Waals surface area contributed by atoms with E-state index in [1.165, 1.54) is 0 Å². The Bertz CT molecular complexity index is 971. The van der Waals surface area contributed by atoms with E-state index in [-0.39, 0.29) is 42.9 Å². The van der Waals surface area contributed by atoms with Gasteiger partial charge in [0, 0.05) is 24.5 Å². The molecule has 1 aromatic carbocycles. The van der Waals surface area contributed by atoms with Crippen LogP contribution in [0.15, 0.2) is 48.8 Å². The lowest BCUT2D eigenvalue weighted by molar-refractivity contribution is 0.0937. The van der Waals surface area contributed by atoms with Crippen molar-refractivity contribution in [2.75, 3.05) is 6.54 Å². The first-order chi connectivity index (χ1) is 13.5. The van der Waals surface area contributed by atoms with Gasteiger partial charge < -0.3 is 20.2 Å². The van der Waals surface area contributed by atoms with Gasteiger partial charge in [-0.15, -0.1) is 24.8 Å². The number of benzene rings is 1. The predicted octanol–water partition coefficient (Wildman–Crippen LogP) is 4.31. The van der Waals surface area contributed by atoms with Gasteiger partial charge in [0.25, 0.3) is 5.91 Å². The first-order valence-electron chi connectivity index (χ1n) is 9.68. The number of nitrogens with two attached hydrogens (primary N) is 1. The Morgan fingerprint density at radius 3 is 2.53 bits per heavy atom. The highest BCUT2D eigenvalue weighted by Gasteiger charge is 2.22. The molecule has 2 aromatic heterocycles. The number of nitrogens with one attached hydrogen (secondary N) is 1. The van der Waals surface area contributed by atoms with Crippen molar-refractivity contribution in [2.24, 2.45) is 5.73 Å². The second-order valence-corrected chi connectivity index (χ2v) is 7.19. The predicted molar refractivity (Wildman–Crippen MR) is 125 cm³/mol. The number of hydrogen-bond acceptors (Lipinski definition) is 4. The molecule has 0 atom stereocenters. The van der Waals surface area contributed by atoms with Gasteiger partial charge in [0.15, 0.2) is 0 Å². The van der Waals surface area contributed by atoms with Crippen LogP contribution in [0.4, 0.5) is 0 Å². The maximum absolute atomic E-state index is 12.7. The lowest BCUT2D eigenvalue weighted by Gasteiger charge is -2.27. The summed E-state index contributed by atoms with van der Waals surface area (Å²) in [7, 11) is 0. The van der Waals surface area contributed by atoms with Crippen LogP contribution < -0.4 is 15.8 Å². The first kappa shape index (κ1) is 25.8. The molecule has 0 aliphatic heterocycles. The first-order valence-corrected chi connectivity index (χ1v) is 9.68. The average molecular weight is 453 g/mol. The minimum Gasteiger partial charge on any atom is -0.486 e. The smallest absolute Gasteiger partial charge is 0.255 e. The van der Waals surface area contributed by atoms with Gasteiger partial charge in [-0.1, -0.05) is 32.0 Å². The van der Waals surface area contributed by atoms with Crippen LogP contribution in [0, 0.1) is 6.92 Å². The molecule has 6 nitrogen and oxygen atoms in total. The van der Waals surface area contributed by atoms with Crippen LogP contribution >= 0.6 is 24.8 Å². The van der Waals surface area contributed by atoms with E-state index >= 15 is 0 Å². The second kappa shape index (κ2) is 11.2. The summed E-state index contributed by atoms with van der Waals surface area (Å²) in [6.45, 7) is 6.80. The zero-order valence-corrected chi connectivity index (χ0v) is 19.2. The molecular weight excluding hydrogens is 423 g/mol. The minimum absolute atomic E-state index is 0. The Morgan fingerprint density at radius 2 is 1.87 bits per heavy atom. The van der Waals surface area contributed by atoms with Gasteiger partial charge in [0.2, 0.25) is 0 Å². The number of hydrogen-bond donors (Lipinski definition) is 2. The Kier molecular flexibility index (Phi) is 9.62. The number of para-hydroxylation sites is 1. The molecule has 2 heterocycles. The van der Waals surface area contributed by atoms with Crippen molar-refractivity contribution in [3.63, 3.8) is 0 Å². The topological polar surface area (TPSA) is 81.6 Å². The molecule has 0 aliphatic carbocycles. The van der Waals surface area contributed by atoms with E-state index in [9.17, 15) is 4.79 Å². The van der Waals surface area contributed by atoms with Crippen molar-refractivity contribution in [1.29, 1.82) is 0 Å². The number of amides is 1. The Labute approximate surface area is 190 Å². The third-order valence-corrected chi connectivity index (χ3v) is 5.24. The van der Waals surface area contributed by atoms with Crippen molar-refractivity contribution in [1.82, 2.24) is 14.7 Å². The monoisotopic (exact) mass is 452 g/mol. The van der Waals surface area contributed by atoms with Crippen molar-refractivity contribution >= 4 is 36.4 Å². The molecule has 3 aromatic rings. The maximum Gasteiger partial charge on any atom is 0.255 e. The van der Waals surface area contributed by atoms with Crippen LogP contribution in [0.1, 0.15) is 48.3 Å². The van der Waals surface area contributed by atoms with Gasteiger partial charge in [0.05, 0.1) is 11.3 Å². The standard InChI is InChI=1S/C22H28N4O2.2ClH/c1-4-22(23,5-2)15-24-21(27)18-10-6-7-11-19(18)28-14-17-13-26-12-8-9-16(3)20(26)25-17;;/h6-13H,4-5,14-15,23H2,1-3H3,(H,24,27);2*1H. The van der Waals surface area contributed by atoms with E-state index in [4.69, 9.17) is 10.5 Å². The number of aryl methyl sites for hydroxylation is 1. The zero-order chi connectivity index (χ0) is 20.1. The van der Waals surface area contributed by atoms with E-state index < -0.39 is 0 Å². The third-order valence-electron chi connectivity index (χ3n) is 5.24. The van der Waals surface area contributed by atoms with Gasteiger partial charge in [0.1, 0.15) is 18.0 Å². The highest BCUT2D eigenvalue weighted by molar-refractivity contribution is 5.96. The molecule has 0 aliphatic rings. The molecule has 0 saturated carbocycles. The van der Waals surface area contributed by atoms with Crippen molar-refractivity contribution in [3.8, 4) is 5.75 Å². The van der Waals surface area contributed by atoms with Gasteiger partial charge in [-0.05, 0) is 43.5 Å². The number of carbonyl (C=O) groups excluding carboxylic acids is 1. The van der Waals surface area contributed by atoms with Crippen molar-refractivity contribution in [2.45, 2.75) is 45.8 Å². The van der Waals surface area contributed by atoms with Crippen LogP contribution in [-0.2, 0) is 6.61 Å². The summed E-state index contributed by atoms with van der Waals surface area (Å²) in [5.41, 5.74) is 9.21. The number of halogens is 2. The van der Waals surface area contributed by atoms with E-state index in [2.05, 4.69) is 10.3 Å². The van der Waals surface area contributed by atoms with E-state index in [1.54, 1.807) is 12.1 Å². The molecule has 8 heteroatoms. The molecule has 0 saturated heterocycles. The van der Waals surface area contributed by atoms with E-state index in [1.807, 2.05) is 61.8 Å². The van der Waals surface area contributed by atoms with Crippen LogP contribution in [0.3, 0.4) is 0 Å². The fraction of sp³-hybridized carbons (Fsp3) is 0.364. The molecule has 30 heavy (non-hydrogen) atoms. The molecule has 0 radical (unpaired) electrons. The molecule has 3 N–H and O–H groups in total. The van der Waals surface area contributed by atoms with Crippen LogP contribution in [0.2, 0.25) is 0 Å². The molecule has 0 bridgehead atoms. The summed E-state index contributed by atoms with van der Waals surface area (Å²) in [6.07, 6.45) is 5.50. The lowest BCUT2D eigenvalue weighted by atomic mass is 9.94. The van der Waals surface area contributed by atoms with Crippen LogP contribution in [0.25, 0.3) is 5.65 Å². The normalized spacial score (nSPS) is 10.8. The fourth-order valence-electron chi connectivity index (χ4n) is 3.06. The van der Waals surface area contributed by atoms with E-state index in [0.717, 1.165) is 29.7 Å². The molecule has 3 rings (SSSR count). The SMILES string of the molecule is CCC(N)(CC)CNC(=O)c1ccccc1OCc1cn2cccc(C)c2n1.Cl.Cl. The highest BCUT2D eigenvalue weighted by atomic mass is 35.5. The van der Waals surface area contributed by atoms with Crippen molar-refractivity contribution in [3.05, 3.63) is 65.6 Å². The van der Waals surface area contributed by atoms with Gasteiger partial charge in [-0.25, -0.2) is 4.98 Å². The molecule has 1 amide bonds. The summed E-state index contributed by atoms with van der Waals surface area (Å²) >= 11 is 0. The summed E-state index contributed by atoms with van der Waals surface area (Å²) in [5, 5.41) is 2.95. The van der Waals surface area contributed by atoms with E-state index in [0.29, 0.717) is 17.9 Å². The number of ether oxygens (including phenoxy) is 1. The quantitative estimate of drug-likeness (QED) is 0.533. The van der Waals surface area contributed by atoms with Crippen LogP contribution in [-0.4, -0.2) is 27.4 Å². The molecule has 0 unspecified atom stereocenters. The second-order valence-electron chi connectivity index (χ2n) is 7.19. The Hall–Kier alpha value is -2.28. The summed E-state index contributed by atoms with van der Waals surface area (Å²) < 4.78 is 7.91. The fourth-order valence-corrected chi connectivity index (χ4v) is 3.06. The highest BCUT2D eigenvalue weighted by Crippen LogP contribution is 2.20. The average Bonchev–Trinajstić information content (AvgIpc) is 3.15. The third kappa shape index (κ3) is 5.88. The van der Waals surface area contributed by atoms with Gasteiger partial charge in [-0.3, -0.25) is 4.79 Å². The Balaban J connectivity index is 0.00000225. The van der Waals surface area contributed by atoms with Gasteiger partial charge >= 0.3 is 0 Å². The summed E-state index contributed by atoms with van der Waals surface area (Å²) in [6, 6.07) is 11.2.